The van der Waals surface area contributed by atoms with Gasteiger partial charge in [0.15, 0.2) is 5.11 Å². The Kier molecular flexibility index (Phi) is 7.09. The molecule has 0 fully saturated rings. The van der Waals surface area contributed by atoms with E-state index in [0.717, 1.165) is 16.0 Å². The standard InChI is InChI=1S/C19H21N3O3S2/c1-4-13-11(2)27-18(16(13)17(20)24)22-19(26)21-15(23)10-9-12-7-5-6-8-14(12)25-3/h5-10H,4H2,1-3H3,(H2,20,24)(H2,21,22,23,26)/b10-9+. The Morgan fingerprint density at radius 3 is 2.67 bits per heavy atom. The molecule has 27 heavy (non-hydrogen) atoms. The zero-order valence-corrected chi connectivity index (χ0v) is 16.9. The lowest BCUT2D eigenvalue weighted by Crippen LogP contribution is -2.33. The van der Waals surface area contributed by atoms with Crippen LogP contribution < -0.4 is 21.1 Å². The third-order valence-electron chi connectivity index (χ3n) is 3.83. The number of ether oxygens (including phenoxy) is 1. The Labute approximate surface area is 167 Å². The Hall–Kier alpha value is -2.71. The normalized spacial score (nSPS) is 10.6. The van der Waals surface area contributed by atoms with Crippen LogP contribution in [0.5, 0.6) is 5.75 Å². The van der Waals surface area contributed by atoms with E-state index in [1.807, 2.05) is 32.0 Å². The van der Waals surface area contributed by atoms with Crippen LogP contribution >= 0.6 is 23.6 Å². The van der Waals surface area contributed by atoms with E-state index in [0.29, 0.717) is 22.7 Å². The molecule has 142 valence electrons. The molecule has 0 saturated heterocycles. The molecule has 0 aliphatic rings. The third-order valence-corrected chi connectivity index (χ3v) is 5.09. The van der Waals surface area contributed by atoms with E-state index >= 15 is 0 Å². The molecule has 0 aliphatic heterocycles. The minimum atomic E-state index is -0.524. The lowest BCUT2D eigenvalue weighted by molar-refractivity contribution is -0.115. The van der Waals surface area contributed by atoms with Gasteiger partial charge in [0.25, 0.3) is 5.91 Å². The van der Waals surface area contributed by atoms with Crippen LogP contribution in [0.15, 0.2) is 30.3 Å². The van der Waals surface area contributed by atoms with E-state index in [4.69, 9.17) is 22.7 Å². The summed E-state index contributed by atoms with van der Waals surface area (Å²) in [6, 6.07) is 7.33. The number of hydrogen-bond donors (Lipinski definition) is 3. The van der Waals surface area contributed by atoms with Crippen LogP contribution in [0.3, 0.4) is 0 Å². The van der Waals surface area contributed by atoms with E-state index in [9.17, 15) is 9.59 Å². The summed E-state index contributed by atoms with van der Waals surface area (Å²) in [5, 5.41) is 6.09. The maximum absolute atomic E-state index is 12.1. The summed E-state index contributed by atoms with van der Waals surface area (Å²) in [5.41, 5.74) is 7.57. The molecule has 2 rings (SSSR count). The maximum Gasteiger partial charge on any atom is 0.251 e. The van der Waals surface area contributed by atoms with Crippen LogP contribution in [-0.2, 0) is 11.2 Å². The van der Waals surface area contributed by atoms with Crippen LogP contribution in [0.4, 0.5) is 5.00 Å². The van der Waals surface area contributed by atoms with Gasteiger partial charge in [0.2, 0.25) is 5.91 Å². The van der Waals surface area contributed by atoms with E-state index in [-0.39, 0.29) is 5.11 Å². The fourth-order valence-corrected chi connectivity index (χ4v) is 4.03. The summed E-state index contributed by atoms with van der Waals surface area (Å²) >= 11 is 6.56. The number of methoxy groups -OCH3 is 1. The van der Waals surface area contributed by atoms with E-state index < -0.39 is 11.8 Å². The smallest absolute Gasteiger partial charge is 0.251 e. The Morgan fingerprint density at radius 1 is 1.33 bits per heavy atom. The summed E-state index contributed by atoms with van der Waals surface area (Å²) in [4.78, 5) is 24.9. The first-order valence-corrected chi connectivity index (χ1v) is 9.45. The van der Waals surface area contributed by atoms with Gasteiger partial charge in [-0.2, -0.15) is 0 Å². The molecule has 6 nitrogen and oxygen atoms in total. The fraction of sp³-hybridized carbons (Fsp3) is 0.211. The van der Waals surface area contributed by atoms with Crippen molar-refractivity contribution in [3.63, 3.8) is 0 Å². The molecule has 0 saturated carbocycles. The molecule has 1 aromatic heterocycles. The zero-order chi connectivity index (χ0) is 20.0. The molecular formula is C19H21N3O3S2. The average molecular weight is 404 g/mol. The molecule has 0 unspecified atom stereocenters. The molecular weight excluding hydrogens is 382 g/mol. The topological polar surface area (TPSA) is 93.4 Å². The second-order valence-corrected chi connectivity index (χ2v) is 7.21. The molecule has 1 aromatic carbocycles. The molecule has 0 spiro atoms. The van der Waals surface area contributed by atoms with Crippen molar-refractivity contribution in [3.05, 3.63) is 51.9 Å². The summed E-state index contributed by atoms with van der Waals surface area (Å²) in [7, 11) is 1.57. The van der Waals surface area contributed by atoms with Crippen LogP contribution in [-0.4, -0.2) is 24.0 Å². The van der Waals surface area contributed by atoms with Gasteiger partial charge in [0.05, 0.1) is 12.7 Å². The number of primary amides is 1. The van der Waals surface area contributed by atoms with Crippen molar-refractivity contribution in [3.8, 4) is 5.75 Å². The van der Waals surface area contributed by atoms with E-state index in [2.05, 4.69) is 10.6 Å². The predicted octanol–water partition coefficient (Wildman–Crippen LogP) is 3.25. The largest absolute Gasteiger partial charge is 0.496 e. The summed E-state index contributed by atoms with van der Waals surface area (Å²) < 4.78 is 5.23. The Balaban J connectivity index is 2.07. The van der Waals surface area contributed by atoms with Crippen LogP contribution in [0, 0.1) is 6.92 Å². The number of anilines is 1. The first-order chi connectivity index (χ1) is 12.9. The fourth-order valence-electron chi connectivity index (χ4n) is 2.61. The Bertz CT molecular complexity index is 904. The molecule has 4 N–H and O–H groups in total. The van der Waals surface area contributed by atoms with Gasteiger partial charge in [-0.05, 0) is 43.3 Å². The second-order valence-electron chi connectivity index (χ2n) is 5.58. The highest BCUT2D eigenvalue weighted by molar-refractivity contribution is 7.80. The predicted molar refractivity (Wildman–Crippen MR) is 113 cm³/mol. The molecule has 2 amide bonds. The maximum atomic E-state index is 12.1. The van der Waals surface area contributed by atoms with E-state index in [1.165, 1.54) is 17.4 Å². The first kappa shape index (κ1) is 20.6. The molecule has 0 aliphatic carbocycles. The van der Waals surface area contributed by atoms with Gasteiger partial charge in [-0.15, -0.1) is 11.3 Å². The van der Waals surface area contributed by atoms with Crippen molar-refractivity contribution < 1.29 is 14.3 Å². The molecule has 0 radical (unpaired) electrons. The van der Waals surface area contributed by atoms with Crippen LogP contribution in [0.25, 0.3) is 6.08 Å². The van der Waals surface area contributed by atoms with Crippen molar-refractivity contribution in [2.24, 2.45) is 5.73 Å². The minimum absolute atomic E-state index is 0.0936. The van der Waals surface area contributed by atoms with Crippen LogP contribution in [0.2, 0.25) is 0 Å². The quantitative estimate of drug-likeness (QED) is 0.508. The number of hydrogen-bond acceptors (Lipinski definition) is 5. The van der Waals surface area contributed by atoms with Gasteiger partial charge in [-0.1, -0.05) is 25.1 Å². The van der Waals surface area contributed by atoms with Crippen molar-refractivity contribution in [2.75, 3.05) is 12.4 Å². The van der Waals surface area contributed by atoms with Gasteiger partial charge in [-0.25, -0.2) is 0 Å². The Morgan fingerprint density at radius 2 is 2.04 bits per heavy atom. The highest BCUT2D eigenvalue weighted by atomic mass is 32.1. The van der Waals surface area contributed by atoms with Crippen molar-refractivity contribution in [2.45, 2.75) is 20.3 Å². The number of amides is 2. The number of para-hydroxylation sites is 1. The number of carbonyl (C=O) groups excluding carboxylic acids is 2. The summed E-state index contributed by atoms with van der Waals surface area (Å²) in [6.45, 7) is 3.87. The number of benzene rings is 1. The lowest BCUT2D eigenvalue weighted by Gasteiger charge is -2.08. The van der Waals surface area contributed by atoms with Crippen LogP contribution in [0.1, 0.15) is 33.3 Å². The average Bonchev–Trinajstić information content (AvgIpc) is 2.94. The van der Waals surface area contributed by atoms with Crippen molar-refractivity contribution in [1.29, 1.82) is 0 Å². The van der Waals surface area contributed by atoms with Gasteiger partial charge in [-0.3, -0.25) is 14.9 Å². The minimum Gasteiger partial charge on any atom is -0.496 e. The number of nitrogens with one attached hydrogen (secondary N) is 2. The molecule has 1 heterocycles. The number of aryl methyl sites for hydroxylation is 1. The van der Waals surface area contributed by atoms with Gasteiger partial charge < -0.3 is 15.8 Å². The number of nitrogens with two attached hydrogens (primary N) is 1. The molecule has 0 atom stereocenters. The molecule has 2 aromatic rings. The summed E-state index contributed by atoms with van der Waals surface area (Å²) in [6.07, 6.45) is 3.68. The second kappa shape index (κ2) is 9.29. The lowest BCUT2D eigenvalue weighted by atomic mass is 10.1. The number of thiophene rings is 1. The highest BCUT2D eigenvalue weighted by Gasteiger charge is 2.19. The van der Waals surface area contributed by atoms with Gasteiger partial charge >= 0.3 is 0 Å². The number of carbonyl (C=O) groups is 2. The summed E-state index contributed by atoms with van der Waals surface area (Å²) in [5.74, 6) is -0.263. The van der Waals surface area contributed by atoms with Gasteiger partial charge in [0, 0.05) is 16.5 Å². The van der Waals surface area contributed by atoms with Crippen molar-refractivity contribution >= 4 is 51.6 Å². The van der Waals surface area contributed by atoms with E-state index in [1.54, 1.807) is 19.3 Å². The highest BCUT2D eigenvalue weighted by Crippen LogP contribution is 2.33. The third kappa shape index (κ3) is 5.15. The monoisotopic (exact) mass is 403 g/mol. The molecule has 0 bridgehead atoms. The van der Waals surface area contributed by atoms with Gasteiger partial charge in [0.1, 0.15) is 10.8 Å². The SMILES string of the molecule is CCc1c(C)sc(NC(=S)NC(=O)/C=C/c2ccccc2OC)c1C(N)=O. The number of thiocarbonyl (C=S) groups is 1. The molecule has 8 heteroatoms. The first-order valence-electron chi connectivity index (χ1n) is 8.22. The van der Waals surface area contributed by atoms with Crippen molar-refractivity contribution in [1.82, 2.24) is 5.32 Å². The zero-order valence-electron chi connectivity index (χ0n) is 15.3. The number of rotatable bonds is 6.